The summed E-state index contributed by atoms with van der Waals surface area (Å²) >= 11 is 0. The Kier molecular flexibility index (Phi) is 2.85. The molecule has 1 aliphatic carbocycles. The summed E-state index contributed by atoms with van der Waals surface area (Å²) in [5.74, 6) is 0.534. The molecule has 3 rings (SSSR count). The van der Waals surface area contributed by atoms with Gasteiger partial charge in [0, 0.05) is 11.4 Å². The standard InChI is InChI=1S/C14H16FNO/c15-13-7-3-4-10-8-12(17-14(10)13)9-16-11-5-1-2-6-11/h3-4,7-8,11,16H,1-2,5-6,9H2. The highest BCUT2D eigenvalue weighted by molar-refractivity contribution is 5.78. The first-order chi connectivity index (χ1) is 8.33. The van der Waals surface area contributed by atoms with Gasteiger partial charge >= 0.3 is 0 Å². The molecule has 0 amide bonds. The Labute approximate surface area is 99.8 Å². The first-order valence-electron chi connectivity index (χ1n) is 6.23. The van der Waals surface area contributed by atoms with Crippen LogP contribution in [0, 0.1) is 5.82 Å². The fourth-order valence-electron chi connectivity index (χ4n) is 2.54. The summed E-state index contributed by atoms with van der Waals surface area (Å²) in [4.78, 5) is 0. The molecule has 1 aromatic heterocycles. The smallest absolute Gasteiger partial charge is 0.169 e. The molecule has 90 valence electrons. The average molecular weight is 233 g/mol. The molecule has 1 heterocycles. The number of nitrogens with one attached hydrogen (secondary N) is 1. The van der Waals surface area contributed by atoms with Crippen LogP contribution in [-0.4, -0.2) is 6.04 Å². The van der Waals surface area contributed by atoms with Crippen molar-refractivity contribution < 1.29 is 8.81 Å². The molecule has 2 aromatic rings. The van der Waals surface area contributed by atoms with Crippen LogP contribution >= 0.6 is 0 Å². The minimum Gasteiger partial charge on any atom is -0.457 e. The van der Waals surface area contributed by atoms with Gasteiger partial charge in [0.15, 0.2) is 11.4 Å². The third-order valence-electron chi connectivity index (χ3n) is 3.47. The van der Waals surface area contributed by atoms with E-state index in [-0.39, 0.29) is 5.82 Å². The molecule has 1 aliphatic rings. The van der Waals surface area contributed by atoms with Crippen LogP contribution in [0.2, 0.25) is 0 Å². The predicted molar refractivity (Wildman–Crippen MR) is 65.3 cm³/mol. The Balaban J connectivity index is 1.74. The van der Waals surface area contributed by atoms with E-state index in [9.17, 15) is 4.39 Å². The number of halogens is 1. The molecular formula is C14H16FNO. The summed E-state index contributed by atoms with van der Waals surface area (Å²) in [7, 11) is 0. The number of hydrogen-bond acceptors (Lipinski definition) is 2. The zero-order valence-corrected chi connectivity index (χ0v) is 9.71. The Bertz CT molecular complexity index is 514. The minimum atomic E-state index is -0.283. The highest BCUT2D eigenvalue weighted by atomic mass is 19.1. The van der Waals surface area contributed by atoms with Crippen LogP contribution in [0.3, 0.4) is 0 Å². The third-order valence-corrected chi connectivity index (χ3v) is 3.47. The fraction of sp³-hybridized carbons (Fsp3) is 0.429. The fourth-order valence-corrected chi connectivity index (χ4v) is 2.54. The molecule has 2 nitrogen and oxygen atoms in total. The van der Waals surface area contributed by atoms with Gasteiger partial charge < -0.3 is 9.73 Å². The van der Waals surface area contributed by atoms with Crippen molar-refractivity contribution in [2.45, 2.75) is 38.3 Å². The van der Waals surface area contributed by atoms with E-state index in [0.29, 0.717) is 18.2 Å². The normalized spacial score (nSPS) is 17.0. The van der Waals surface area contributed by atoms with E-state index < -0.39 is 0 Å². The van der Waals surface area contributed by atoms with Gasteiger partial charge in [0.2, 0.25) is 0 Å². The first-order valence-corrected chi connectivity index (χ1v) is 6.23. The highest BCUT2D eigenvalue weighted by Gasteiger charge is 2.15. The van der Waals surface area contributed by atoms with Crippen molar-refractivity contribution in [2.75, 3.05) is 0 Å². The predicted octanol–water partition coefficient (Wildman–Crippen LogP) is 3.60. The lowest BCUT2D eigenvalue weighted by atomic mass is 10.2. The quantitative estimate of drug-likeness (QED) is 0.876. The Morgan fingerprint density at radius 3 is 2.88 bits per heavy atom. The SMILES string of the molecule is Fc1cccc2cc(CNC3CCCC3)oc12. The Morgan fingerprint density at radius 1 is 1.29 bits per heavy atom. The average Bonchev–Trinajstić information content (AvgIpc) is 2.95. The van der Waals surface area contributed by atoms with Crippen LogP contribution in [-0.2, 0) is 6.54 Å². The molecule has 0 unspecified atom stereocenters. The molecule has 17 heavy (non-hydrogen) atoms. The van der Waals surface area contributed by atoms with Crippen LogP contribution < -0.4 is 5.32 Å². The van der Waals surface area contributed by atoms with Crippen molar-refractivity contribution >= 4 is 11.0 Å². The van der Waals surface area contributed by atoms with Crippen molar-refractivity contribution in [2.24, 2.45) is 0 Å². The number of furan rings is 1. The maximum absolute atomic E-state index is 13.4. The zero-order valence-electron chi connectivity index (χ0n) is 9.71. The highest BCUT2D eigenvalue weighted by Crippen LogP contribution is 2.23. The van der Waals surface area contributed by atoms with Gasteiger partial charge in [-0.2, -0.15) is 0 Å². The molecule has 1 aromatic carbocycles. The minimum absolute atomic E-state index is 0.283. The molecule has 0 spiro atoms. The van der Waals surface area contributed by atoms with Crippen LogP contribution in [0.25, 0.3) is 11.0 Å². The lowest BCUT2D eigenvalue weighted by Crippen LogP contribution is -2.24. The van der Waals surface area contributed by atoms with Crippen molar-refractivity contribution in [3.63, 3.8) is 0 Å². The summed E-state index contributed by atoms with van der Waals surface area (Å²) < 4.78 is 18.9. The molecule has 1 N–H and O–H groups in total. The van der Waals surface area contributed by atoms with Gasteiger partial charge in [-0.05, 0) is 25.0 Å². The lowest BCUT2D eigenvalue weighted by Gasteiger charge is -2.09. The maximum atomic E-state index is 13.4. The molecule has 0 radical (unpaired) electrons. The van der Waals surface area contributed by atoms with E-state index in [1.807, 2.05) is 12.1 Å². The van der Waals surface area contributed by atoms with Crippen molar-refractivity contribution in [1.82, 2.24) is 5.32 Å². The molecule has 3 heteroatoms. The summed E-state index contributed by atoms with van der Waals surface area (Å²) in [6, 6.07) is 7.54. The summed E-state index contributed by atoms with van der Waals surface area (Å²) in [6.07, 6.45) is 5.11. The van der Waals surface area contributed by atoms with Gasteiger partial charge in [-0.25, -0.2) is 4.39 Å². The Morgan fingerprint density at radius 2 is 2.12 bits per heavy atom. The molecule has 0 saturated heterocycles. The van der Waals surface area contributed by atoms with Gasteiger partial charge in [0.25, 0.3) is 0 Å². The van der Waals surface area contributed by atoms with Crippen molar-refractivity contribution in [1.29, 1.82) is 0 Å². The molecule has 1 fully saturated rings. The second-order valence-corrected chi connectivity index (χ2v) is 4.73. The summed E-state index contributed by atoms with van der Waals surface area (Å²) in [5.41, 5.74) is 0.371. The maximum Gasteiger partial charge on any atom is 0.169 e. The molecule has 0 aliphatic heterocycles. The molecule has 0 atom stereocenters. The second kappa shape index (κ2) is 4.49. The first kappa shape index (κ1) is 10.8. The molecular weight excluding hydrogens is 217 g/mol. The second-order valence-electron chi connectivity index (χ2n) is 4.73. The van der Waals surface area contributed by atoms with Crippen LogP contribution in [0.1, 0.15) is 31.4 Å². The summed E-state index contributed by atoms with van der Waals surface area (Å²) in [5, 5.41) is 4.30. The molecule has 0 bridgehead atoms. The lowest BCUT2D eigenvalue weighted by molar-refractivity contribution is 0.455. The van der Waals surface area contributed by atoms with Gasteiger partial charge in [-0.15, -0.1) is 0 Å². The Hall–Kier alpha value is -1.35. The van der Waals surface area contributed by atoms with Gasteiger partial charge in [-0.1, -0.05) is 25.0 Å². The van der Waals surface area contributed by atoms with Gasteiger partial charge in [0.1, 0.15) is 5.76 Å². The van der Waals surface area contributed by atoms with E-state index in [1.54, 1.807) is 6.07 Å². The van der Waals surface area contributed by atoms with E-state index in [2.05, 4.69) is 5.32 Å². The van der Waals surface area contributed by atoms with Gasteiger partial charge in [0.05, 0.1) is 6.54 Å². The van der Waals surface area contributed by atoms with Gasteiger partial charge in [-0.3, -0.25) is 0 Å². The van der Waals surface area contributed by atoms with Crippen LogP contribution in [0.4, 0.5) is 4.39 Å². The topological polar surface area (TPSA) is 25.2 Å². The van der Waals surface area contributed by atoms with E-state index >= 15 is 0 Å². The number of rotatable bonds is 3. The van der Waals surface area contributed by atoms with Crippen molar-refractivity contribution in [3.8, 4) is 0 Å². The summed E-state index contributed by atoms with van der Waals surface area (Å²) in [6.45, 7) is 0.693. The number of hydrogen-bond donors (Lipinski definition) is 1. The van der Waals surface area contributed by atoms with Crippen molar-refractivity contribution in [3.05, 3.63) is 35.8 Å². The third kappa shape index (κ3) is 2.20. The number of para-hydroxylation sites is 1. The van der Waals surface area contributed by atoms with E-state index in [0.717, 1.165) is 11.1 Å². The molecule has 1 saturated carbocycles. The largest absolute Gasteiger partial charge is 0.457 e. The number of fused-ring (bicyclic) bond motifs is 1. The monoisotopic (exact) mass is 233 g/mol. The van der Waals surface area contributed by atoms with E-state index in [1.165, 1.54) is 31.7 Å². The van der Waals surface area contributed by atoms with Crippen LogP contribution in [0.5, 0.6) is 0 Å². The number of benzene rings is 1. The van der Waals surface area contributed by atoms with E-state index in [4.69, 9.17) is 4.42 Å². The van der Waals surface area contributed by atoms with Crippen LogP contribution in [0.15, 0.2) is 28.7 Å². The zero-order chi connectivity index (χ0) is 11.7.